The van der Waals surface area contributed by atoms with Gasteiger partial charge in [0.2, 0.25) is 0 Å². The maximum Gasteiger partial charge on any atom is 0.454 e. The molecule has 3 aliphatic rings. The van der Waals surface area contributed by atoms with Crippen LogP contribution in [-0.4, -0.2) is 52.8 Å². The Morgan fingerprint density at radius 2 is 1.74 bits per heavy atom. The molecule has 4 nitrogen and oxygen atoms in total. The number of aryl methyl sites for hydroxylation is 1. The summed E-state index contributed by atoms with van der Waals surface area (Å²) in [6.07, 6.45) is 5.01. The van der Waals surface area contributed by atoms with E-state index in [1.54, 1.807) is 24.3 Å². The summed E-state index contributed by atoms with van der Waals surface area (Å²) in [5.74, 6) is -0.977. The predicted molar refractivity (Wildman–Crippen MR) is 112 cm³/mol. The highest BCUT2D eigenvalue weighted by Gasteiger charge is 2.42. The number of hydrogen-bond donors (Lipinski definition) is 0. The topological polar surface area (TPSA) is 34.5 Å². The molecule has 0 radical (unpaired) electrons. The highest BCUT2D eigenvalue weighted by molar-refractivity contribution is 6.10. The smallest absolute Gasteiger partial charge is 0.378 e. The van der Waals surface area contributed by atoms with Gasteiger partial charge in [0.15, 0.2) is 0 Å². The number of piperidine rings is 1. The average Bonchev–Trinajstić information content (AvgIpc) is 3.46. The molecule has 1 aliphatic carbocycles. The van der Waals surface area contributed by atoms with Crippen LogP contribution in [0.1, 0.15) is 55.3 Å². The zero-order valence-corrected chi connectivity index (χ0v) is 17.6. The summed E-state index contributed by atoms with van der Waals surface area (Å²) < 4.78 is 47.0. The summed E-state index contributed by atoms with van der Waals surface area (Å²) in [6, 6.07) is 7.98. The number of fused-ring (bicyclic) bond motifs is 3. The lowest BCUT2D eigenvalue weighted by Crippen LogP contribution is -2.46. The van der Waals surface area contributed by atoms with Crippen LogP contribution in [0.2, 0.25) is 0 Å². The zero-order valence-electron chi connectivity index (χ0n) is 17.6. The van der Waals surface area contributed by atoms with E-state index >= 15 is 0 Å². The second-order valence-corrected chi connectivity index (χ2v) is 9.43. The summed E-state index contributed by atoms with van der Waals surface area (Å²) in [7, 11) is 0. The number of carbonyl (C=O) groups is 1. The van der Waals surface area contributed by atoms with Gasteiger partial charge in [-0.2, -0.15) is 13.2 Å². The van der Waals surface area contributed by atoms with Gasteiger partial charge in [-0.15, -0.1) is 0 Å². The summed E-state index contributed by atoms with van der Waals surface area (Å²) in [5, 5.41) is 0.374. The molecule has 3 heterocycles. The van der Waals surface area contributed by atoms with E-state index in [1.165, 1.54) is 31.9 Å². The van der Waals surface area contributed by atoms with Gasteiger partial charge in [0.25, 0.3) is 5.78 Å². The van der Waals surface area contributed by atoms with Gasteiger partial charge < -0.3 is 9.30 Å². The van der Waals surface area contributed by atoms with Crippen molar-refractivity contribution in [3.63, 3.8) is 0 Å². The predicted octanol–water partition coefficient (Wildman–Crippen LogP) is 5.20. The Hall–Kier alpha value is -1.86. The van der Waals surface area contributed by atoms with E-state index in [2.05, 4.69) is 4.90 Å². The zero-order chi connectivity index (χ0) is 21.6. The maximum atomic E-state index is 13.0. The second kappa shape index (κ2) is 8.24. The van der Waals surface area contributed by atoms with Gasteiger partial charge in [-0.05, 0) is 56.9 Å². The third-order valence-electron chi connectivity index (χ3n) is 7.21. The highest BCUT2D eigenvalue weighted by atomic mass is 19.4. The fourth-order valence-corrected chi connectivity index (χ4v) is 5.47. The first kappa shape index (κ1) is 21.0. The molecule has 3 fully saturated rings. The first-order chi connectivity index (χ1) is 14.9. The number of Topliss-reactive ketones (excluding diaryl/α,β-unsaturated/α-hetero) is 1. The van der Waals surface area contributed by atoms with E-state index in [4.69, 9.17) is 4.74 Å². The van der Waals surface area contributed by atoms with E-state index in [-0.39, 0.29) is 5.56 Å². The van der Waals surface area contributed by atoms with Crippen molar-refractivity contribution in [1.29, 1.82) is 0 Å². The largest absolute Gasteiger partial charge is 0.454 e. The fraction of sp³-hybridized carbons (Fsp3) is 0.625. The molecule has 0 spiro atoms. The van der Waals surface area contributed by atoms with Gasteiger partial charge in [-0.25, -0.2) is 0 Å². The minimum Gasteiger partial charge on any atom is -0.378 e. The van der Waals surface area contributed by atoms with Gasteiger partial charge >= 0.3 is 6.18 Å². The molecule has 7 heteroatoms. The number of alkyl halides is 3. The number of carbonyl (C=O) groups excluding carboxylic acids is 1. The number of ketones is 1. The van der Waals surface area contributed by atoms with Crippen molar-refractivity contribution in [1.82, 2.24) is 9.47 Å². The van der Waals surface area contributed by atoms with E-state index in [0.717, 1.165) is 38.3 Å². The van der Waals surface area contributed by atoms with Crippen LogP contribution in [0.25, 0.3) is 10.9 Å². The molecule has 2 atom stereocenters. The molecule has 1 aromatic heterocycles. The normalized spacial score (nSPS) is 26.6. The number of nitrogens with zero attached hydrogens (tertiary/aromatic N) is 2. The maximum absolute atomic E-state index is 13.0. The Morgan fingerprint density at radius 3 is 2.42 bits per heavy atom. The number of rotatable bonds is 8. The van der Waals surface area contributed by atoms with Gasteiger partial charge in [0, 0.05) is 48.9 Å². The van der Waals surface area contributed by atoms with E-state index in [1.807, 2.05) is 4.57 Å². The molecular weight excluding hydrogens is 405 g/mol. The molecule has 1 saturated carbocycles. The third-order valence-corrected chi connectivity index (χ3v) is 7.21. The standard InChI is InChI=1S/C24H29F3N2O2/c25-24(26,27)23(30)21-14-28(22-5-2-1-4-20(21)22)10-3-11-29-17-8-9-18(29)13-19(12-17)31-15-16-6-7-16/h1-2,4-5,14,16-19H,3,6-13,15H2. The van der Waals surface area contributed by atoms with Crippen molar-refractivity contribution in [3.05, 3.63) is 36.0 Å². The van der Waals surface area contributed by atoms with Gasteiger partial charge in [-0.1, -0.05) is 18.2 Å². The first-order valence-electron chi connectivity index (χ1n) is 11.5. The number of ether oxygens (including phenoxy) is 1. The van der Waals surface area contributed by atoms with Crippen LogP contribution in [0.4, 0.5) is 13.2 Å². The van der Waals surface area contributed by atoms with Crippen molar-refractivity contribution in [2.75, 3.05) is 13.2 Å². The Balaban J connectivity index is 1.21. The van der Waals surface area contributed by atoms with Crippen LogP contribution in [0.15, 0.2) is 30.5 Å². The number of aromatic nitrogens is 1. The molecule has 2 unspecified atom stereocenters. The van der Waals surface area contributed by atoms with Gasteiger partial charge in [0.1, 0.15) is 0 Å². The summed E-state index contributed by atoms with van der Waals surface area (Å²) in [5.41, 5.74) is 0.432. The van der Waals surface area contributed by atoms with Gasteiger partial charge in [0.05, 0.1) is 11.7 Å². The van der Waals surface area contributed by atoms with Crippen molar-refractivity contribution in [3.8, 4) is 0 Å². The minimum atomic E-state index is -4.86. The van der Waals surface area contributed by atoms with Crippen LogP contribution in [0.3, 0.4) is 0 Å². The van der Waals surface area contributed by atoms with Crippen LogP contribution >= 0.6 is 0 Å². The Morgan fingerprint density at radius 1 is 1.03 bits per heavy atom. The second-order valence-electron chi connectivity index (χ2n) is 9.43. The van der Waals surface area contributed by atoms with Crippen LogP contribution < -0.4 is 0 Å². The Bertz CT molecular complexity index is 936. The molecule has 0 N–H and O–H groups in total. The monoisotopic (exact) mass is 434 g/mol. The van der Waals surface area contributed by atoms with E-state index < -0.39 is 12.0 Å². The van der Waals surface area contributed by atoms with Crippen molar-refractivity contribution in [2.24, 2.45) is 5.92 Å². The quantitative estimate of drug-likeness (QED) is 0.536. The van der Waals surface area contributed by atoms with Crippen LogP contribution in [-0.2, 0) is 11.3 Å². The number of para-hydroxylation sites is 1. The molecule has 2 saturated heterocycles. The van der Waals surface area contributed by atoms with E-state index in [9.17, 15) is 18.0 Å². The molecule has 2 bridgehead atoms. The third kappa shape index (κ3) is 4.40. The lowest BCUT2D eigenvalue weighted by molar-refractivity contribution is -0.0884. The van der Waals surface area contributed by atoms with Crippen LogP contribution in [0, 0.1) is 5.92 Å². The molecule has 2 aliphatic heterocycles. The molecule has 2 aromatic rings. The number of benzene rings is 1. The highest BCUT2D eigenvalue weighted by Crippen LogP contribution is 2.38. The summed E-state index contributed by atoms with van der Waals surface area (Å²) in [6.45, 7) is 2.45. The molecule has 168 valence electrons. The fourth-order valence-electron chi connectivity index (χ4n) is 5.47. The minimum absolute atomic E-state index is 0.253. The Labute approximate surface area is 180 Å². The lowest BCUT2D eigenvalue weighted by Gasteiger charge is -2.39. The molecular formula is C24H29F3N2O2. The number of hydrogen-bond acceptors (Lipinski definition) is 3. The molecule has 1 aromatic carbocycles. The molecule has 31 heavy (non-hydrogen) atoms. The first-order valence-corrected chi connectivity index (χ1v) is 11.5. The molecule has 5 rings (SSSR count). The SMILES string of the molecule is O=C(c1cn(CCCN2C3CCC2CC(OCC2CC2)C3)c2ccccc12)C(F)(F)F. The van der Waals surface area contributed by atoms with E-state index in [0.29, 0.717) is 35.6 Å². The van der Waals surface area contributed by atoms with Crippen molar-refractivity contribution >= 4 is 16.7 Å². The van der Waals surface area contributed by atoms with Crippen molar-refractivity contribution in [2.45, 2.75) is 75.9 Å². The lowest BCUT2D eigenvalue weighted by atomic mass is 9.99. The van der Waals surface area contributed by atoms with Crippen LogP contribution in [0.5, 0.6) is 0 Å². The van der Waals surface area contributed by atoms with Crippen molar-refractivity contribution < 1.29 is 22.7 Å². The molecule has 0 amide bonds. The van der Waals surface area contributed by atoms with Gasteiger partial charge in [-0.3, -0.25) is 9.69 Å². The average molecular weight is 435 g/mol. The Kier molecular flexibility index (Phi) is 5.59. The summed E-state index contributed by atoms with van der Waals surface area (Å²) >= 11 is 0. The summed E-state index contributed by atoms with van der Waals surface area (Å²) in [4.78, 5) is 14.5. The number of halogens is 3.